The van der Waals surface area contributed by atoms with Crippen LogP contribution in [0, 0.1) is 0 Å². The van der Waals surface area contributed by atoms with E-state index in [1.165, 1.54) is 7.11 Å². The van der Waals surface area contributed by atoms with Crippen molar-refractivity contribution in [3.8, 4) is 11.3 Å². The van der Waals surface area contributed by atoms with Crippen LogP contribution in [0.5, 0.6) is 0 Å². The summed E-state index contributed by atoms with van der Waals surface area (Å²) in [6, 6.07) is 8.68. The number of aromatic nitrogens is 1. The minimum atomic E-state index is -0.528. The second kappa shape index (κ2) is 4.56. The highest BCUT2D eigenvalue weighted by atomic mass is 16.5. The fraction of sp³-hybridized carbons (Fsp3) is 0.0909. The molecule has 1 aromatic carbocycles. The average molecular weight is 233 g/mol. The van der Waals surface area contributed by atoms with Gasteiger partial charge in [0.15, 0.2) is 11.6 Å². The van der Waals surface area contributed by atoms with E-state index >= 15 is 0 Å². The molecule has 0 spiro atoms. The van der Waals surface area contributed by atoms with Crippen LogP contribution in [0.2, 0.25) is 0 Å². The summed E-state index contributed by atoms with van der Waals surface area (Å²) in [6.07, 6.45) is -0.528. The first-order valence-electron chi connectivity index (χ1n) is 4.86. The van der Waals surface area contributed by atoms with Crippen molar-refractivity contribution in [3.05, 3.63) is 30.3 Å². The maximum atomic E-state index is 11.0. The Hall–Kier alpha value is -2.50. The van der Waals surface area contributed by atoms with Gasteiger partial charge in [-0.2, -0.15) is 0 Å². The van der Waals surface area contributed by atoms with Gasteiger partial charge in [-0.1, -0.05) is 17.3 Å². The highest BCUT2D eigenvalue weighted by molar-refractivity contribution is 5.85. The standard InChI is InChI=1S/C11H11N3O3/c1-16-11(15)13-8-4-2-3-7(5-8)9-6-10(12)14-17-9/h2-6H,1H3,(H2,12,14)(H,13,15). The number of ether oxygens (including phenoxy) is 1. The quantitative estimate of drug-likeness (QED) is 0.828. The molecule has 0 saturated carbocycles. The maximum Gasteiger partial charge on any atom is 0.411 e. The van der Waals surface area contributed by atoms with Crippen LogP contribution >= 0.6 is 0 Å². The van der Waals surface area contributed by atoms with Crippen molar-refractivity contribution in [1.29, 1.82) is 0 Å². The lowest BCUT2D eigenvalue weighted by molar-refractivity contribution is 0.187. The third kappa shape index (κ3) is 2.54. The van der Waals surface area contributed by atoms with Crippen molar-refractivity contribution < 1.29 is 14.1 Å². The average Bonchev–Trinajstić information content (AvgIpc) is 2.76. The van der Waals surface area contributed by atoms with E-state index in [0.29, 0.717) is 17.3 Å². The van der Waals surface area contributed by atoms with E-state index in [1.54, 1.807) is 24.3 Å². The number of nitrogen functional groups attached to an aromatic ring is 1. The van der Waals surface area contributed by atoms with Crippen LogP contribution in [0.15, 0.2) is 34.9 Å². The Balaban J connectivity index is 2.25. The topological polar surface area (TPSA) is 90.4 Å². The first kappa shape index (κ1) is 11.0. The smallest absolute Gasteiger partial charge is 0.411 e. The Kier molecular flexibility index (Phi) is 2.95. The predicted molar refractivity (Wildman–Crippen MR) is 62.4 cm³/mol. The van der Waals surface area contributed by atoms with Crippen LogP contribution in [-0.2, 0) is 4.74 Å². The van der Waals surface area contributed by atoms with Gasteiger partial charge in [0, 0.05) is 17.3 Å². The van der Waals surface area contributed by atoms with Crippen molar-refractivity contribution in [2.75, 3.05) is 18.2 Å². The molecule has 2 aromatic rings. The van der Waals surface area contributed by atoms with Gasteiger partial charge < -0.3 is 15.0 Å². The summed E-state index contributed by atoms with van der Waals surface area (Å²) in [6.45, 7) is 0. The molecule has 1 aromatic heterocycles. The van der Waals surface area contributed by atoms with E-state index in [-0.39, 0.29) is 0 Å². The molecule has 0 aliphatic carbocycles. The highest BCUT2D eigenvalue weighted by Gasteiger charge is 2.06. The molecule has 1 heterocycles. The summed E-state index contributed by atoms with van der Waals surface area (Å²) in [5, 5.41) is 6.14. The summed E-state index contributed by atoms with van der Waals surface area (Å²) in [5.74, 6) is 0.849. The molecule has 88 valence electrons. The Morgan fingerprint density at radius 2 is 2.29 bits per heavy atom. The maximum absolute atomic E-state index is 11.0. The molecule has 0 fully saturated rings. The van der Waals surface area contributed by atoms with Crippen LogP contribution in [0.3, 0.4) is 0 Å². The van der Waals surface area contributed by atoms with E-state index in [9.17, 15) is 4.79 Å². The number of carbonyl (C=O) groups excluding carboxylic acids is 1. The molecular weight excluding hydrogens is 222 g/mol. The SMILES string of the molecule is COC(=O)Nc1cccc(-c2cc(N)no2)c1. The molecule has 0 saturated heterocycles. The van der Waals surface area contributed by atoms with Crippen molar-refractivity contribution in [1.82, 2.24) is 5.16 Å². The third-order valence-electron chi connectivity index (χ3n) is 2.11. The summed E-state index contributed by atoms with van der Waals surface area (Å²) in [7, 11) is 1.30. The van der Waals surface area contributed by atoms with Crippen LogP contribution in [0.25, 0.3) is 11.3 Å². The number of benzene rings is 1. The van der Waals surface area contributed by atoms with Crippen LogP contribution in [0.4, 0.5) is 16.3 Å². The number of amides is 1. The van der Waals surface area contributed by atoms with Gasteiger partial charge in [-0.05, 0) is 12.1 Å². The number of nitrogens with two attached hydrogens (primary N) is 1. The molecule has 6 heteroatoms. The zero-order valence-corrected chi connectivity index (χ0v) is 9.14. The van der Waals surface area contributed by atoms with Crippen LogP contribution < -0.4 is 11.1 Å². The number of hydrogen-bond acceptors (Lipinski definition) is 5. The van der Waals surface area contributed by atoms with E-state index in [0.717, 1.165) is 5.56 Å². The number of methoxy groups -OCH3 is 1. The first-order valence-corrected chi connectivity index (χ1v) is 4.86. The fourth-order valence-corrected chi connectivity index (χ4v) is 1.34. The zero-order chi connectivity index (χ0) is 12.3. The zero-order valence-electron chi connectivity index (χ0n) is 9.14. The number of carbonyl (C=O) groups is 1. The van der Waals surface area contributed by atoms with Gasteiger partial charge in [0.25, 0.3) is 0 Å². The Morgan fingerprint density at radius 1 is 1.47 bits per heavy atom. The van der Waals surface area contributed by atoms with Gasteiger partial charge >= 0.3 is 6.09 Å². The molecule has 6 nitrogen and oxygen atoms in total. The van der Waals surface area contributed by atoms with Gasteiger partial charge in [-0.25, -0.2) is 4.79 Å². The Bertz CT molecular complexity index is 536. The molecular formula is C11H11N3O3. The number of anilines is 2. The lowest BCUT2D eigenvalue weighted by Gasteiger charge is -2.04. The second-order valence-corrected chi connectivity index (χ2v) is 3.31. The molecule has 0 radical (unpaired) electrons. The third-order valence-corrected chi connectivity index (χ3v) is 2.11. The monoisotopic (exact) mass is 233 g/mol. The molecule has 0 bridgehead atoms. The molecule has 0 aliphatic rings. The molecule has 2 rings (SSSR count). The van der Waals surface area contributed by atoms with E-state index < -0.39 is 6.09 Å². The largest absolute Gasteiger partial charge is 0.453 e. The number of hydrogen-bond donors (Lipinski definition) is 2. The van der Waals surface area contributed by atoms with E-state index in [4.69, 9.17) is 10.3 Å². The van der Waals surface area contributed by atoms with Gasteiger partial charge in [0.1, 0.15) is 0 Å². The van der Waals surface area contributed by atoms with Crippen molar-refractivity contribution >= 4 is 17.6 Å². The number of nitrogens with zero attached hydrogens (tertiary/aromatic N) is 1. The number of rotatable bonds is 2. The fourth-order valence-electron chi connectivity index (χ4n) is 1.34. The van der Waals surface area contributed by atoms with Crippen LogP contribution in [-0.4, -0.2) is 18.4 Å². The predicted octanol–water partition coefficient (Wildman–Crippen LogP) is 2.10. The second-order valence-electron chi connectivity index (χ2n) is 3.31. The lowest BCUT2D eigenvalue weighted by atomic mass is 10.1. The molecule has 1 amide bonds. The summed E-state index contributed by atoms with van der Waals surface area (Å²) >= 11 is 0. The van der Waals surface area contributed by atoms with Crippen LogP contribution in [0.1, 0.15) is 0 Å². The first-order chi connectivity index (χ1) is 8.19. The normalized spacial score (nSPS) is 9.94. The summed E-state index contributed by atoms with van der Waals surface area (Å²) in [4.78, 5) is 11.0. The molecule has 0 atom stereocenters. The molecule has 0 unspecified atom stereocenters. The minimum Gasteiger partial charge on any atom is -0.453 e. The Morgan fingerprint density at radius 3 is 2.94 bits per heavy atom. The molecule has 3 N–H and O–H groups in total. The van der Waals surface area contributed by atoms with Gasteiger partial charge in [-0.15, -0.1) is 0 Å². The summed E-state index contributed by atoms with van der Waals surface area (Å²) in [5.41, 5.74) is 6.83. The van der Waals surface area contributed by atoms with Crippen molar-refractivity contribution in [2.45, 2.75) is 0 Å². The van der Waals surface area contributed by atoms with E-state index in [2.05, 4.69) is 15.2 Å². The van der Waals surface area contributed by atoms with Crippen molar-refractivity contribution in [2.24, 2.45) is 0 Å². The van der Waals surface area contributed by atoms with E-state index in [1.807, 2.05) is 6.07 Å². The summed E-state index contributed by atoms with van der Waals surface area (Å²) < 4.78 is 9.52. The Labute approximate surface area is 97.3 Å². The van der Waals surface area contributed by atoms with Gasteiger partial charge in [0.2, 0.25) is 0 Å². The minimum absolute atomic E-state index is 0.311. The van der Waals surface area contributed by atoms with Gasteiger partial charge in [-0.3, -0.25) is 5.32 Å². The lowest BCUT2D eigenvalue weighted by Crippen LogP contribution is -2.10. The molecule has 0 aliphatic heterocycles. The molecule has 17 heavy (non-hydrogen) atoms. The highest BCUT2D eigenvalue weighted by Crippen LogP contribution is 2.24. The van der Waals surface area contributed by atoms with Crippen molar-refractivity contribution in [3.63, 3.8) is 0 Å². The van der Waals surface area contributed by atoms with Gasteiger partial charge in [0.05, 0.1) is 7.11 Å². The number of nitrogens with one attached hydrogen (secondary N) is 1.